The van der Waals surface area contributed by atoms with Crippen molar-refractivity contribution in [3.63, 3.8) is 0 Å². The van der Waals surface area contributed by atoms with Crippen LogP contribution in [0.1, 0.15) is 36.4 Å². The van der Waals surface area contributed by atoms with Crippen LogP contribution in [-0.4, -0.2) is 48.4 Å². The number of aliphatic imine (C=N–C) groups is 1. The van der Waals surface area contributed by atoms with Gasteiger partial charge in [-0.05, 0) is 19.8 Å². The van der Waals surface area contributed by atoms with Gasteiger partial charge in [0, 0.05) is 31.2 Å². The number of nitrogens with one attached hydrogen (secondary N) is 2. The van der Waals surface area contributed by atoms with Gasteiger partial charge >= 0.3 is 0 Å². The van der Waals surface area contributed by atoms with E-state index in [9.17, 15) is 4.79 Å². The number of carbonyl (C=O) groups excluding carboxylic acids is 1. The Hall–Kier alpha value is -0.900. The summed E-state index contributed by atoms with van der Waals surface area (Å²) in [5.74, 6) is 0.701. The zero-order chi connectivity index (χ0) is 15.9. The summed E-state index contributed by atoms with van der Waals surface area (Å²) in [6, 6.07) is 0.457. The average Bonchev–Trinajstić information content (AvgIpc) is 3.13. The molecule has 1 aliphatic carbocycles. The molecule has 0 unspecified atom stereocenters. The van der Waals surface area contributed by atoms with E-state index < -0.39 is 0 Å². The van der Waals surface area contributed by atoms with Gasteiger partial charge in [0.2, 0.25) is 5.91 Å². The smallest absolute Gasteiger partial charge is 0.243 e. The third-order valence-electron chi connectivity index (χ3n) is 3.64. The lowest BCUT2D eigenvalue weighted by atomic mass is 10.2. The predicted molar refractivity (Wildman–Crippen MR) is 105 cm³/mol. The van der Waals surface area contributed by atoms with Crippen LogP contribution in [0.4, 0.5) is 0 Å². The van der Waals surface area contributed by atoms with Gasteiger partial charge in [-0.15, -0.1) is 35.3 Å². The van der Waals surface area contributed by atoms with Crippen molar-refractivity contribution in [1.82, 2.24) is 20.5 Å². The third kappa shape index (κ3) is 7.03. The number of aromatic nitrogens is 1. The quantitative estimate of drug-likeness (QED) is 0.409. The molecule has 1 heterocycles. The number of thiazole rings is 1. The molecule has 8 heteroatoms. The third-order valence-corrected chi connectivity index (χ3v) is 4.61. The monoisotopic (exact) mass is 451 g/mol. The molecular formula is C15H26IN5OS. The number of hydrogen-bond acceptors (Lipinski definition) is 4. The molecular weight excluding hydrogens is 425 g/mol. The summed E-state index contributed by atoms with van der Waals surface area (Å²) in [5, 5.41) is 9.78. The van der Waals surface area contributed by atoms with Crippen LogP contribution in [0.15, 0.2) is 10.4 Å². The standard InChI is InChI=1S/C15H25N5OS.HI/c1-11-10-22-13(18-11)8-16-15(17-9-14(21)20(2)3)19-12-6-4-5-7-12;/h10,12H,4-9H2,1-3H3,(H2,16,17,19);1H. The van der Waals surface area contributed by atoms with E-state index in [2.05, 4.69) is 20.6 Å². The van der Waals surface area contributed by atoms with Crippen molar-refractivity contribution < 1.29 is 4.79 Å². The van der Waals surface area contributed by atoms with Gasteiger partial charge in [0.1, 0.15) is 11.6 Å². The van der Waals surface area contributed by atoms with Gasteiger partial charge in [0.15, 0.2) is 5.96 Å². The lowest BCUT2D eigenvalue weighted by molar-refractivity contribution is -0.127. The number of halogens is 1. The van der Waals surface area contributed by atoms with Crippen molar-refractivity contribution in [3.8, 4) is 0 Å². The van der Waals surface area contributed by atoms with Crippen molar-refractivity contribution in [2.24, 2.45) is 4.99 Å². The first-order chi connectivity index (χ1) is 10.5. The molecule has 2 N–H and O–H groups in total. The molecule has 0 aliphatic heterocycles. The number of rotatable bonds is 5. The SMILES string of the molecule is Cc1csc(CNC(=NCC(=O)N(C)C)NC2CCCC2)n1.I. The van der Waals surface area contributed by atoms with E-state index in [1.807, 2.05) is 12.3 Å². The highest BCUT2D eigenvalue weighted by molar-refractivity contribution is 14.0. The number of aryl methyl sites for hydroxylation is 1. The van der Waals surface area contributed by atoms with Crippen LogP contribution < -0.4 is 10.6 Å². The van der Waals surface area contributed by atoms with Gasteiger partial charge < -0.3 is 15.5 Å². The maximum atomic E-state index is 11.7. The molecule has 0 bridgehead atoms. The van der Waals surface area contributed by atoms with E-state index >= 15 is 0 Å². The molecule has 130 valence electrons. The second-order valence-corrected chi connectivity index (χ2v) is 6.76. The molecule has 1 saturated carbocycles. The van der Waals surface area contributed by atoms with Crippen LogP contribution in [0.2, 0.25) is 0 Å². The number of hydrogen-bond donors (Lipinski definition) is 2. The zero-order valence-corrected chi connectivity index (χ0v) is 17.1. The molecule has 0 aromatic carbocycles. The van der Waals surface area contributed by atoms with Crippen molar-refractivity contribution in [2.45, 2.75) is 45.2 Å². The van der Waals surface area contributed by atoms with Crippen LogP contribution >= 0.6 is 35.3 Å². The van der Waals surface area contributed by atoms with Crippen LogP contribution in [0.5, 0.6) is 0 Å². The summed E-state index contributed by atoms with van der Waals surface area (Å²) in [7, 11) is 3.49. The van der Waals surface area contributed by atoms with E-state index in [4.69, 9.17) is 0 Å². The normalized spacial score (nSPS) is 15.2. The summed E-state index contributed by atoms with van der Waals surface area (Å²) >= 11 is 1.63. The highest BCUT2D eigenvalue weighted by Gasteiger charge is 2.16. The first-order valence-corrected chi connectivity index (χ1v) is 8.58. The Labute approximate surface area is 159 Å². The second-order valence-electron chi connectivity index (χ2n) is 5.81. The van der Waals surface area contributed by atoms with Crippen LogP contribution in [0.25, 0.3) is 0 Å². The maximum absolute atomic E-state index is 11.7. The molecule has 0 atom stereocenters. The molecule has 0 radical (unpaired) electrons. The minimum Gasteiger partial charge on any atom is -0.354 e. The highest BCUT2D eigenvalue weighted by Crippen LogP contribution is 2.17. The Morgan fingerprint density at radius 2 is 2.13 bits per heavy atom. The van der Waals surface area contributed by atoms with Gasteiger partial charge in [-0.3, -0.25) is 4.79 Å². The summed E-state index contributed by atoms with van der Waals surface area (Å²) in [4.78, 5) is 22.1. The largest absolute Gasteiger partial charge is 0.354 e. The highest BCUT2D eigenvalue weighted by atomic mass is 127. The first kappa shape index (κ1) is 20.1. The Balaban J connectivity index is 0.00000264. The lowest BCUT2D eigenvalue weighted by Gasteiger charge is -2.17. The average molecular weight is 451 g/mol. The van der Waals surface area contributed by atoms with Gasteiger partial charge in [0.25, 0.3) is 0 Å². The van der Waals surface area contributed by atoms with Gasteiger partial charge in [0.05, 0.1) is 6.54 Å². The van der Waals surface area contributed by atoms with E-state index in [0.717, 1.165) is 10.7 Å². The number of amides is 1. The molecule has 1 aromatic heterocycles. The first-order valence-electron chi connectivity index (χ1n) is 7.70. The molecule has 1 aromatic rings. The minimum atomic E-state index is -0.00221. The van der Waals surface area contributed by atoms with Crippen LogP contribution in [0.3, 0.4) is 0 Å². The Morgan fingerprint density at radius 3 is 2.70 bits per heavy atom. The van der Waals surface area contributed by atoms with Crippen LogP contribution in [-0.2, 0) is 11.3 Å². The topological polar surface area (TPSA) is 69.6 Å². The fourth-order valence-corrected chi connectivity index (χ4v) is 3.06. The van der Waals surface area contributed by atoms with Crippen molar-refractivity contribution >= 4 is 47.2 Å². The van der Waals surface area contributed by atoms with Gasteiger partial charge in [-0.25, -0.2) is 9.98 Å². The van der Waals surface area contributed by atoms with Crippen molar-refractivity contribution in [2.75, 3.05) is 20.6 Å². The molecule has 1 amide bonds. The molecule has 0 spiro atoms. The number of likely N-dealkylation sites (N-methyl/N-ethyl adjacent to an activating group) is 1. The summed E-state index contributed by atoms with van der Waals surface area (Å²) in [5.41, 5.74) is 1.03. The Kier molecular flexibility index (Phi) is 8.82. The Morgan fingerprint density at radius 1 is 1.43 bits per heavy atom. The molecule has 6 nitrogen and oxygen atoms in total. The molecule has 1 aliphatic rings. The molecule has 1 fully saturated rings. The number of nitrogens with zero attached hydrogens (tertiary/aromatic N) is 3. The zero-order valence-electron chi connectivity index (χ0n) is 14.0. The summed E-state index contributed by atoms with van der Waals surface area (Å²) < 4.78 is 0. The molecule has 23 heavy (non-hydrogen) atoms. The van der Waals surface area contributed by atoms with Gasteiger partial charge in [-0.1, -0.05) is 12.8 Å². The van der Waals surface area contributed by atoms with E-state index in [0.29, 0.717) is 18.5 Å². The maximum Gasteiger partial charge on any atom is 0.243 e. The molecule has 0 saturated heterocycles. The van der Waals surface area contributed by atoms with Crippen molar-refractivity contribution in [3.05, 3.63) is 16.1 Å². The van der Waals surface area contributed by atoms with Crippen LogP contribution in [0, 0.1) is 6.92 Å². The minimum absolute atomic E-state index is 0. The summed E-state index contributed by atoms with van der Waals surface area (Å²) in [6.45, 7) is 2.78. The van der Waals surface area contributed by atoms with E-state index in [1.54, 1.807) is 30.3 Å². The van der Waals surface area contributed by atoms with Crippen molar-refractivity contribution in [1.29, 1.82) is 0 Å². The Bertz CT molecular complexity index is 526. The van der Waals surface area contributed by atoms with E-state index in [1.165, 1.54) is 25.7 Å². The lowest BCUT2D eigenvalue weighted by Crippen LogP contribution is -2.42. The van der Waals surface area contributed by atoms with E-state index in [-0.39, 0.29) is 36.4 Å². The number of guanidine groups is 1. The molecule has 2 rings (SSSR count). The number of carbonyl (C=O) groups is 1. The predicted octanol–water partition coefficient (Wildman–Crippen LogP) is 2.14. The van der Waals surface area contributed by atoms with Gasteiger partial charge in [-0.2, -0.15) is 0 Å². The second kappa shape index (κ2) is 10.1. The fourth-order valence-electron chi connectivity index (χ4n) is 2.35. The fraction of sp³-hybridized carbons (Fsp3) is 0.667. The summed E-state index contributed by atoms with van der Waals surface area (Å²) in [6.07, 6.45) is 4.85.